The molecule has 1 aliphatic heterocycles. The van der Waals surface area contributed by atoms with E-state index in [9.17, 15) is 13.2 Å². The number of aromatic nitrogens is 3. The lowest BCUT2D eigenvalue weighted by molar-refractivity contribution is -0.129. The first kappa shape index (κ1) is 21.7. The number of nitrogens with two attached hydrogens (primary N) is 1. The van der Waals surface area contributed by atoms with Gasteiger partial charge in [-0.1, -0.05) is 23.4 Å². The van der Waals surface area contributed by atoms with Crippen molar-refractivity contribution >= 4 is 39.3 Å². The summed E-state index contributed by atoms with van der Waals surface area (Å²) in [6.07, 6.45) is 1.51. The summed E-state index contributed by atoms with van der Waals surface area (Å²) in [4.78, 5) is 14.4. The average molecular weight is 483 g/mol. The maximum Gasteiger partial charge on any atom is 0.243 e. The van der Waals surface area contributed by atoms with Crippen molar-refractivity contribution in [2.75, 3.05) is 37.8 Å². The number of sulfonamides is 1. The first-order chi connectivity index (χ1) is 14.9. The smallest absolute Gasteiger partial charge is 0.243 e. The Morgan fingerprint density at radius 1 is 1.13 bits per heavy atom. The van der Waals surface area contributed by atoms with Gasteiger partial charge in [-0.3, -0.25) is 4.79 Å². The number of piperazine rings is 1. The molecule has 0 bridgehead atoms. The number of amides is 1. The number of hydrogen-bond acceptors (Lipinski definition) is 8. The van der Waals surface area contributed by atoms with Crippen LogP contribution in [-0.4, -0.2) is 70.3 Å². The minimum atomic E-state index is -3.62. The van der Waals surface area contributed by atoms with Gasteiger partial charge in [0, 0.05) is 31.2 Å². The van der Waals surface area contributed by atoms with E-state index >= 15 is 0 Å². The van der Waals surface area contributed by atoms with Crippen molar-refractivity contribution in [3.63, 3.8) is 0 Å². The summed E-state index contributed by atoms with van der Waals surface area (Å²) < 4.78 is 33.4. The number of benzene rings is 1. The number of nitrogen functional groups attached to an aromatic ring is 1. The normalized spacial score (nSPS) is 15.3. The molecular weight excluding hydrogens is 464 g/mol. The highest BCUT2D eigenvalue weighted by molar-refractivity contribution is 7.99. The highest BCUT2D eigenvalue weighted by Gasteiger charge is 2.30. The van der Waals surface area contributed by atoms with Crippen LogP contribution in [0.15, 0.2) is 57.1 Å². The standard InChI is InChI=1S/C18H19ClN6O4S2/c19-13-3-5-14(6-4-13)31(27,28)24-9-7-23(8-10-24)16(26)12-30-18-22-21-17(25(18)20)15-2-1-11-29-15/h1-6,11H,7-10,12,20H2. The first-order valence-corrected chi connectivity index (χ1v) is 12.1. The van der Waals surface area contributed by atoms with Crippen molar-refractivity contribution in [1.82, 2.24) is 24.1 Å². The Labute approximate surface area is 188 Å². The molecule has 10 nitrogen and oxygen atoms in total. The number of carbonyl (C=O) groups excluding carboxylic acids is 1. The lowest BCUT2D eigenvalue weighted by Gasteiger charge is -2.34. The number of hydrogen-bond donors (Lipinski definition) is 1. The van der Waals surface area contributed by atoms with Crippen molar-refractivity contribution < 1.29 is 17.6 Å². The summed E-state index contributed by atoms with van der Waals surface area (Å²) >= 11 is 6.99. The molecule has 0 aliphatic carbocycles. The number of furan rings is 1. The molecule has 0 unspecified atom stereocenters. The fourth-order valence-electron chi connectivity index (χ4n) is 3.10. The molecule has 0 saturated carbocycles. The van der Waals surface area contributed by atoms with Crippen LogP contribution in [-0.2, 0) is 14.8 Å². The van der Waals surface area contributed by atoms with Gasteiger partial charge in [0.05, 0.1) is 16.9 Å². The topological polar surface area (TPSA) is 128 Å². The monoisotopic (exact) mass is 482 g/mol. The van der Waals surface area contributed by atoms with Crippen molar-refractivity contribution in [2.24, 2.45) is 0 Å². The Kier molecular flexibility index (Phi) is 6.23. The second kappa shape index (κ2) is 8.91. The van der Waals surface area contributed by atoms with Crippen molar-refractivity contribution in [3.05, 3.63) is 47.7 Å². The van der Waals surface area contributed by atoms with E-state index in [1.54, 1.807) is 29.2 Å². The summed E-state index contributed by atoms with van der Waals surface area (Å²) in [5.74, 6) is 6.81. The molecular formula is C18H19ClN6O4S2. The SMILES string of the molecule is Nn1c(SCC(=O)N2CCN(S(=O)(=O)c3ccc(Cl)cc3)CC2)nnc1-c1ccco1. The van der Waals surface area contributed by atoms with Crippen LogP contribution < -0.4 is 5.84 Å². The van der Waals surface area contributed by atoms with Crippen molar-refractivity contribution in [1.29, 1.82) is 0 Å². The number of nitrogens with zero attached hydrogens (tertiary/aromatic N) is 5. The zero-order valence-electron chi connectivity index (χ0n) is 16.2. The number of thioether (sulfide) groups is 1. The fourth-order valence-corrected chi connectivity index (χ4v) is 5.41. The molecule has 31 heavy (non-hydrogen) atoms. The average Bonchev–Trinajstić information content (AvgIpc) is 3.42. The Morgan fingerprint density at radius 3 is 2.48 bits per heavy atom. The van der Waals surface area contributed by atoms with E-state index in [0.717, 1.165) is 11.8 Å². The van der Waals surface area contributed by atoms with Gasteiger partial charge in [0.1, 0.15) is 0 Å². The van der Waals surface area contributed by atoms with E-state index in [1.165, 1.54) is 27.4 Å². The van der Waals surface area contributed by atoms with Crippen LogP contribution in [0, 0.1) is 0 Å². The Balaban J connectivity index is 1.32. The van der Waals surface area contributed by atoms with Gasteiger partial charge in [-0.2, -0.15) is 4.31 Å². The van der Waals surface area contributed by atoms with Crippen LogP contribution in [0.2, 0.25) is 5.02 Å². The molecule has 0 atom stereocenters. The molecule has 1 amide bonds. The van der Waals surface area contributed by atoms with Crippen LogP contribution in [0.4, 0.5) is 0 Å². The highest BCUT2D eigenvalue weighted by Crippen LogP contribution is 2.23. The minimum Gasteiger partial charge on any atom is -0.461 e. The lowest BCUT2D eigenvalue weighted by atomic mass is 10.3. The van der Waals surface area contributed by atoms with Gasteiger partial charge in [0.2, 0.25) is 26.9 Å². The minimum absolute atomic E-state index is 0.109. The Morgan fingerprint density at radius 2 is 1.84 bits per heavy atom. The fraction of sp³-hybridized carbons (Fsp3) is 0.278. The summed E-state index contributed by atoms with van der Waals surface area (Å²) in [5, 5.41) is 8.83. The molecule has 164 valence electrons. The molecule has 2 aromatic heterocycles. The third-order valence-corrected chi connectivity index (χ3v) is 7.87. The van der Waals surface area contributed by atoms with Gasteiger partial charge in [0.25, 0.3) is 0 Å². The Hall–Kier alpha value is -2.54. The molecule has 1 fully saturated rings. The van der Waals surface area contributed by atoms with Crippen LogP contribution in [0.5, 0.6) is 0 Å². The van der Waals surface area contributed by atoms with E-state index < -0.39 is 10.0 Å². The van der Waals surface area contributed by atoms with Crippen LogP contribution in [0.25, 0.3) is 11.6 Å². The second-order valence-corrected chi connectivity index (χ2v) is 10.00. The van der Waals surface area contributed by atoms with E-state index in [2.05, 4.69) is 10.2 Å². The lowest BCUT2D eigenvalue weighted by Crippen LogP contribution is -2.51. The Bertz CT molecular complexity index is 1160. The van der Waals surface area contributed by atoms with E-state index in [-0.39, 0.29) is 29.6 Å². The molecule has 4 rings (SSSR count). The summed E-state index contributed by atoms with van der Waals surface area (Å²) in [6, 6.07) is 9.47. The summed E-state index contributed by atoms with van der Waals surface area (Å²) in [7, 11) is -3.62. The van der Waals surface area contributed by atoms with Gasteiger partial charge < -0.3 is 15.2 Å². The van der Waals surface area contributed by atoms with Gasteiger partial charge in [-0.15, -0.1) is 10.2 Å². The molecule has 1 aromatic carbocycles. The molecule has 0 spiro atoms. The number of halogens is 1. The van der Waals surface area contributed by atoms with Gasteiger partial charge in [-0.05, 0) is 36.4 Å². The summed E-state index contributed by atoms with van der Waals surface area (Å²) in [6.45, 7) is 1.05. The molecule has 3 aromatic rings. The first-order valence-electron chi connectivity index (χ1n) is 9.27. The van der Waals surface area contributed by atoms with Crippen LogP contribution in [0.3, 0.4) is 0 Å². The predicted octanol–water partition coefficient (Wildman–Crippen LogP) is 1.53. The van der Waals surface area contributed by atoms with Crippen molar-refractivity contribution in [3.8, 4) is 11.6 Å². The highest BCUT2D eigenvalue weighted by atomic mass is 35.5. The summed E-state index contributed by atoms with van der Waals surface area (Å²) in [5.41, 5.74) is 0. The maximum absolute atomic E-state index is 12.8. The molecule has 1 saturated heterocycles. The van der Waals surface area contributed by atoms with Crippen LogP contribution in [0.1, 0.15) is 0 Å². The third-order valence-electron chi connectivity index (χ3n) is 4.77. The van der Waals surface area contributed by atoms with Crippen molar-refractivity contribution in [2.45, 2.75) is 10.1 Å². The predicted molar refractivity (Wildman–Crippen MR) is 115 cm³/mol. The third kappa shape index (κ3) is 4.56. The molecule has 3 heterocycles. The molecule has 0 radical (unpaired) electrons. The van der Waals surface area contributed by atoms with E-state index in [0.29, 0.717) is 34.9 Å². The largest absolute Gasteiger partial charge is 0.461 e. The molecule has 2 N–H and O–H groups in total. The van der Waals surface area contributed by atoms with Gasteiger partial charge >= 0.3 is 0 Å². The van der Waals surface area contributed by atoms with E-state index in [1.807, 2.05) is 0 Å². The van der Waals surface area contributed by atoms with E-state index in [4.69, 9.17) is 21.9 Å². The molecule has 13 heteroatoms. The number of rotatable bonds is 6. The second-order valence-electron chi connectivity index (χ2n) is 6.68. The maximum atomic E-state index is 12.8. The number of carbonyl (C=O) groups is 1. The van der Waals surface area contributed by atoms with Gasteiger partial charge in [0.15, 0.2) is 5.76 Å². The van der Waals surface area contributed by atoms with Gasteiger partial charge in [-0.25, -0.2) is 13.1 Å². The molecule has 1 aliphatic rings. The quantitative estimate of drug-likeness (QED) is 0.414. The van der Waals surface area contributed by atoms with Crippen LogP contribution >= 0.6 is 23.4 Å². The zero-order chi connectivity index (χ0) is 22.0. The zero-order valence-corrected chi connectivity index (χ0v) is 18.6.